The van der Waals surface area contributed by atoms with E-state index in [1.807, 2.05) is 23.1 Å². The predicted molar refractivity (Wildman–Crippen MR) is 87.1 cm³/mol. The summed E-state index contributed by atoms with van der Waals surface area (Å²) < 4.78 is 5.81. The molecular formula is C18H25N3O2. The molecule has 5 heteroatoms. The van der Waals surface area contributed by atoms with E-state index in [2.05, 4.69) is 16.8 Å². The van der Waals surface area contributed by atoms with Crippen LogP contribution in [-0.2, 0) is 11.3 Å². The van der Waals surface area contributed by atoms with Gasteiger partial charge in [0.25, 0.3) is 5.91 Å². The first kappa shape index (κ1) is 15.1. The number of morpholine rings is 1. The first-order valence-corrected chi connectivity index (χ1v) is 8.84. The number of amides is 1. The number of ether oxygens (including phenoxy) is 1. The molecule has 5 nitrogen and oxygen atoms in total. The second kappa shape index (κ2) is 6.21. The van der Waals surface area contributed by atoms with E-state index in [9.17, 15) is 4.79 Å². The van der Waals surface area contributed by atoms with Crippen molar-refractivity contribution in [3.63, 3.8) is 0 Å². The maximum absolute atomic E-state index is 12.7. The van der Waals surface area contributed by atoms with Crippen LogP contribution in [0.3, 0.4) is 0 Å². The van der Waals surface area contributed by atoms with E-state index in [0.717, 1.165) is 44.1 Å². The molecule has 1 amide bonds. The van der Waals surface area contributed by atoms with Crippen LogP contribution in [0.2, 0.25) is 0 Å². The Kier molecular flexibility index (Phi) is 4.07. The van der Waals surface area contributed by atoms with Crippen LogP contribution >= 0.6 is 0 Å². The van der Waals surface area contributed by atoms with Crippen molar-refractivity contribution in [2.45, 2.75) is 44.9 Å². The summed E-state index contributed by atoms with van der Waals surface area (Å²) >= 11 is 0. The molecule has 4 heterocycles. The van der Waals surface area contributed by atoms with Crippen molar-refractivity contribution in [3.05, 3.63) is 29.6 Å². The van der Waals surface area contributed by atoms with Crippen LogP contribution in [0.1, 0.15) is 42.4 Å². The van der Waals surface area contributed by atoms with Crippen molar-refractivity contribution in [2.75, 3.05) is 26.2 Å². The number of nitrogens with zero attached hydrogens (tertiary/aromatic N) is 3. The van der Waals surface area contributed by atoms with Crippen molar-refractivity contribution in [2.24, 2.45) is 5.92 Å². The Bertz CT molecular complexity index is 573. The van der Waals surface area contributed by atoms with Crippen LogP contribution in [0.25, 0.3) is 0 Å². The normalized spacial score (nSPS) is 28.0. The van der Waals surface area contributed by atoms with Crippen LogP contribution in [-0.4, -0.2) is 59.1 Å². The van der Waals surface area contributed by atoms with E-state index in [1.165, 1.54) is 6.42 Å². The number of pyridine rings is 1. The van der Waals surface area contributed by atoms with E-state index < -0.39 is 0 Å². The standard InChI is InChI=1S/C18H25N3O2/c1-2-13-8-20(9-13)10-14-4-3-5-17(19-14)18(22)21-11-15-6-7-16(12-21)23-15/h3-5,13,15-16H,2,6-12H2,1H3. The highest BCUT2D eigenvalue weighted by Gasteiger charge is 2.36. The molecule has 3 fully saturated rings. The summed E-state index contributed by atoms with van der Waals surface area (Å²) in [6.45, 7) is 6.84. The number of carbonyl (C=O) groups excluding carboxylic acids is 1. The van der Waals surface area contributed by atoms with Crippen LogP contribution in [0.5, 0.6) is 0 Å². The third-order valence-corrected chi connectivity index (χ3v) is 5.35. The topological polar surface area (TPSA) is 45.7 Å². The summed E-state index contributed by atoms with van der Waals surface area (Å²) in [5.74, 6) is 0.894. The quantitative estimate of drug-likeness (QED) is 0.852. The molecule has 3 aliphatic heterocycles. The van der Waals surface area contributed by atoms with E-state index in [-0.39, 0.29) is 18.1 Å². The molecule has 3 saturated heterocycles. The smallest absolute Gasteiger partial charge is 0.272 e. The van der Waals surface area contributed by atoms with Gasteiger partial charge >= 0.3 is 0 Å². The maximum Gasteiger partial charge on any atom is 0.272 e. The fraction of sp³-hybridized carbons (Fsp3) is 0.667. The molecule has 124 valence electrons. The number of fused-ring (bicyclic) bond motifs is 2. The summed E-state index contributed by atoms with van der Waals surface area (Å²) in [5.41, 5.74) is 1.58. The predicted octanol–water partition coefficient (Wildman–Crippen LogP) is 1.93. The average Bonchev–Trinajstić information content (AvgIpc) is 2.88. The maximum atomic E-state index is 12.7. The number of aromatic nitrogens is 1. The summed E-state index contributed by atoms with van der Waals surface area (Å²) in [5, 5.41) is 0. The Hall–Kier alpha value is -1.46. The molecule has 2 unspecified atom stereocenters. The van der Waals surface area contributed by atoms with Gasteiger partial charge in [0.05, 0.1) is 17.9 Å². The number of rotatable bonds is 4. The van der Waals surface area contributed by atoms with Crippen LogP contribution in [0.15, 0.2) is 18.2 Å². The molecule has 0 spiro atoms. The number of carbonyl (C=O) groups is 1. The molecule has 0 aliphatic carbocycles. The molecule has 1 aromatic rings. The van der Waals surface area contributed by atoms with Crippen molar-refractivity contribution < 1.29 is 9.53 Å². The van der Waals surface area contributed by atoms with Crippen molar-refractivity contribution >= 4 is 5.91 Å². The van der Waals surface area contributed by atoms with Gasteiger partial charge in [-0.2, -0.15) is 0 Å². The van der Waals surface area contributed by atoms with Gasteiger partial charge in [0.2, 0.25) is 0 Å². The molecule has 1 aromatic heterocycles. The van der Waals surface area contributed by atoms with Gasteiger partial charge in [-0.3, -0.25) is 9.69 Å². The number of hydrogen-bond acceptors (Lipinski definition) is 4. The number of hydrogen-bond donors (Lipinski definition) is 0. The van der Waals surface area contributed by atoms with Crippen LogP contribution < -0.4 is 0 Å². The first-order chi connectivity index (χ1) is 11.2. The highest BCUT2D eigenvalue weighted by Crippen LogP contribution is 2.27. The molecule has 4 rings (SSSR count). The van der Waals surface area contributed by atoms with Crippen molar-refractivity contribution in [3.8, 4) is 0 Å². The van der Waals surface area contributed by atoms with Gasteiger partial charge in [0.1, 0.15) is 5.69 Å². The van der Waals surface area contributed by atoms with Crippen LogP contribution in [0.4, 0.5) is 0 Å². The molecule has 0 N–H and O–H groups in total. The molecule has 23 heavy (non-hydrogen) atoms. The molecule has 0 radical (unpaired) electrons. The van der Waals surface area contributed by atoms with E-state index in [4.69, 9.17) is 4.74 Å². The zero-order chi connectivity index (χ0) is 15.8. The SMILES string of the molecule is CCC1CN(Cc2cccc(C(=O)N3CC4CCC(C3)O4)n2)C1. The highest BCUT2D eigenvalue weighted by atomic mass is 16.5. The second-order valence-electron chi connectivity index (χ2n) is 7.15. The van der Waals surface area contributed by atoms with Gasteiger partial charge in [0.15, 0.2) is 0 Å². The minimum absolute atomic E-state index is 0.0575. The Morgan fingerprint density at radius 2 is 1.96 bits per heavy atom. The van der Waals surface area contributed by atoms with E-state index in [1.54, 1.807) is 0 Å². The Labute approximate surface area is 137 Å². The third kappa shape index (κ3) is 3.12. The average molecular weight is 315 g/mol. The van der Waals surface area contributed by atoms with Crippen LogP contribution in [0, 0.1) is 5.92 Å². The van der Waals surface area contributed by atoms with Gasteiger partial charge in [-0.15, -0.1) is 0 Å². The lowest BCUT2D eigenvalue weighted by Gasteiger charge is -2.38. The zero-order valence-corrected chi connectivity index (χ0v) is 13.8. The minimum Gasteiger partial charge on any atom is -0.371 e. The van der Waals surface area contributed by atoms with Gasteiger partial charge in [-0.25, -0.2) is 4.98 Å². The lowest BCUT2D eigenvalue weighted by atomic mass is 9.97. The zero-order valence-electron chi connectivity index (χ0n) is 13.8. The Balaban J connectivity index is 1.40. The van der Waals surface area contributed by atoms with E-state index >= 15 is 0 Å². The van der Waals surface area contributed by atoms with Crippen molar-refractivity contribution in [1.82, 2.24) is 14.8 Å². The lowest BCUT2D eigenvalue weighted by molar-refractivity contribution is -0.0305. The highest BCUT2D eigenvalue weighted by molar-refractivity contribution is 5.92. The fourth-order valence-corrected chi connectivity index (χ4v) is 3.92. The summed E-state index contributed by atoms with van der Waals surface area (Å²) in [4.78, 5) is 21.7. The van der Waals surface area contributed by atoms with Gasteiger partial charge in [-0.1, -0.05) is 19.4 Å². The largest absolute Gasteiger partial charge is 0.371 e. The molecule has 0 saturated carbocycles. The lowest BCUT2D eigenvalue weighted by Crippen LogP contribution is -2.46. The minimum atomic E-state index is 0.0575. The third-order valence-electron chi connectivity index (χ3n) is 5.35. The monoisotopic (exact) mass is 315 g/mol. The van der Waals surface area contributed by atoms with Gasteiger partial charge in [-0.05, 0) is 30.9 Å². The molecule has 2 bridgehead atoms. The first-order valence-electron chi connectivity index (χ1n) is 8.84. The molecule has 0 aromatic carbocycles. The van der Waals surface area contributed by atoms with E-state index in [0.29, 0.717) is 18.8 Å². The molecule has 3 aliphatic rings. The molecular weight excluding hydrogens is 290 g/mol. The summed E-state index contributed by atoms with van der Waals surface area (Å²) in [7, 11) is 0. The second-order valence-corrected chi connectivity index (χ2v) is 7.15. The molecule has 2 atom stereocenters. The summed E-state index contributed by atoms with van der Waals surface area (Å²) in [6, 6.07) is 5.83. The van der Waals surface area contributed by atoms with Gasteiger partial charge < -0.3 is 9.64 Å². The number of likely N-dealkylation sites (tertiary alicyclic amines) is 2. The van der Waals surface area contributed by atoms with Gasteiger partial charge in [0, 0.05) is 32.7 Å². The van der Waals surface area contributed by atoms with Crippen molar-refractivity contribution in [1.29, 1.82) is 0 Å². The fourth-order valence-electron chi connectivity index (χ4n) is 3.92. The Morgan fingerprint density at radius 3 is 2.65 bits per heavy atom. The Morgan fingerprint density at radius 1 is 1.22 bits per heavy atom. The summed E-state index contributed by atoms with van der Waals surface area (Å²) in [6.07, 6.45) is 3.87.